The molecule has 0 amide bonds. The maximum Gasteiger partial charge on any atom is 0.340 e. The quantitative estimate of drug-likeness (QED) is 0.813. The number of fused-ring (bicyclic) bond motifs is 1. The highest BCUT2D eigenvalue weighted by atomic mass is 35.5. The monoisotopic (exact) mass is 346 g/mol. The summed E-state index contributed by atoms with van der Waals surface area (Å²) in [6.07, 6.45) is 0. The number of aromatic amines is 1. The lowest BCUT2D eigenvalue weighted by Crippen LogP contribution is -2.31. The van der Waals surface area contributed by atoms with Crippen molar-refractivity contribution >= 4 is 17.6 Å². The molecule has 0 aliphatic carbocycles. The van der Waals surface area contributed by atoms with Crippen molar-refractivity contribution in [3.63, 3.8) is 0 Å². The maximum absolute atomic E-state index is 12.5. The second-order valence-electron chi connectivity index (χ2n) is 5.39. The first-order chi connectivity index (χ1) is 11.4. The Morgan fingerprint density at radius 2 is 2.08 bits per heavy atom. The number of methoxy groups -OCH3 is 1. The predicted octanol–water partition coefficient (Wildman–Crippen LogP) is 2.20. The summed E-state index contributed by atoms with van der Waals surface area (Å²) >= 11 is 6.30. The minimum Gasteiger partial charge on any atom is -0.465 e. The summed E-state index contributed by atoms with van der Waals surface area (Å²) in [7, 11) is 1.24. The van der Waals surface area contributed by atoms with Crippen LogP contribution in [0.3, 0.4) is 0 Å². The second kappa shape index (κ2) is 6.05. The molecule has 0 spiro atoms. The van der Waals surface area contributed by atoms with Gasteiger partial charge in [0.05, 0.1) is 18.6 Å². The molecule has 1 unspecified atom stereocenters. The third kappa shape index (κ3) is 2.55. The molecule has 6 nitrogen and oxygen atoms in total. The van der Waals surface area contributed by atoms with E-state index < -0.39 is 11.9 Å². The predicted molar refractivity (Wildman–Crippen MR) is 89.0 cm³/mol. The number of hydrogen-bond donors (Lipinski definition) is 2. The van der Waals surface area contributed by atoms with Crippen LogP contribution in [0.2, 0.25) is 5.02 Å². The van der Waals surface area contributed by atoms with Crippen LogP contribution >= 0.6 is 11.6 Å². The van der Waals surface area contributed by atoms with Crippen LogP contribution in [0, 0.1) is 6.92 Å². The average molecular weight is 347 g/mol. The van der Waals surface area contributed by atoms with Crippen molar-refractivity contribution in [2.45, 2.75) is 12.8 Å². The summed E-state index contributed by atoms with van der Waals surface area (Å²) in [6, 6.07) is 8.60. The number of carbonyl (C=O) groups excluding carboxylic acids is 1. The Morgan fingerprint density at radius 3 is 2.75 bits per heavy atom. The highest BCUT2D eigenvalue weighted by Crippen LogP contribution is 2.42. The van der Waals surface area contributed by atoms with E-state index in [1.807, 2.05) is 0 Å². The zero-order valence-electron chi connectivity index (χ0n) is 13.1. The van der Waals surface area contributed by atoms with E-state index in [0.29, 0.717) is 22.0 Å². The third-order valence-electron chi connectivity index (χ3n) is 3.85. The van der Waals surface area contributed by atoms with Gasteiger partial charge in [-0.15, -0.1) is 0 Å². The van der Waals surface area contributed by atoms with Crippen molar-refractivity contribution < 1.29 is 14.3 Å². The number of ether oxygens (including phenoxy) is 2. The summed E-state index contributed by atoms with van der Waals surface area (Å²) in [6.45, 7) is 1.73. The number of rotatable bonds is 2. The molecular formula is C17H15ClN2O4. The Labute approximate surface area is 142 Å². The number of halogens is 1. The Bertz CT molecular complexity index is 917. The molecule has 1 aromatic heterocycles. The summed E-state index contributed by atoms with van der Waals surface area (Å²) in [5, 5.41) is 0.407. The third-order valence-corrected chi connectivity index (χ3v) is 4.20. The van der Waals surface area contributed by atoms with Gasteiger partial charge in [-0.05, 0) is 18.6 Å². The molecule has 124 valence electrons. The highest BCUT2D eigenvalue weighted by molar-refractivity contribution is 6.31. The van der Waals surface area contributed by atoms with Gasteiger partial charge in [-0.2, -0.15) is 0 Å². The van der Waals surface area contributed by atoms with Gasteiger partial charge in [0, 0.05) is 16.8 Å². The molecule has 3 rings (SSSR count). The first-order valence-electron chi connectivity index (χ1n) is 7.18. The Kier molecular flexibility index (Phi) is 4.07. The standard InChI is InChI=1S/C17H15ClN2O4/c1-8-7-11-13(16(21)20-8)12(9-5-3-4-6-10(9)18)14(15(19)24-11)17(22)23-2/h3-7,12H,19H2,1-2H3,(H,20,21). The number of hydrogen-bond acceptors (Lipinski definition) is 5. The van der Waals surface area contributed by atoms with Crippen LogP contribution in [-0.4, -0.2) is 18.1 Å². The molecule has 1 atom stereocenters. The molecule has 2 heterocycles. The number of H-pyrrole nitrogens is 1. The fraction of sp³-hybridized carbons (Fsp3) is 0.176. The topological polar surface area (TPSA) is 94.4 Å². The summed E-state index contributed by atoms with van der Waals surface area (Å²) in [5.41, 5.74) is 7.08. The Hall–Kier alpha value is -2.73. The minimum atomic E-state index is -0.778. The van der Waals surface area contributed by atoms with Gasteiger partial charge in [-0.3, -0.25) is 4.79 Å². The number of nitrogens with one attached hydrogen (secondary N) is 1. The number of benzene rings is 1. The van der Waals surface area contributed by atoms with Crippen LogP contribution in [0.1, 0.15) is 22.7 Å². The zero-order chi connectivity index (χ0) is 17.4. The van der Waals surface area contributed by atoms with Crippen LogP contribution in [0.5, 0.6) is 5.75 Å². The van der Waals surface area contributed by atoms with Gasteiger partial charge in [0.15, 0.2) is 0 Å². The number of carbonyl (C=O) groups is 1. The van der Waals surface area contributed by atoms with Crippen LogP contribution in [0.25, 0.3) is 0 Å². The average Bonchev–Trinajstić information content (AvgIpc) is 2.53. The summed E-state index contributed by atoms with van der Waals surface area (Å²) < 4.78 is 10.3. The molecule has 0 radical (unpaired) electrons. The lowest BCUT2D eigenvalue weighted by atomic mass is 9.83. The van der Waals surface area contributed by atoms with Crippen molar-refractivity contribution in [3.05, 3.63) is 74.0 Å². The van der Waals surface area contributed by atoms with E-state index in [-0.39, 0.29) is 22.6 Å². The molecule has 3 N–H and O–H groups in total. The van der Waals surface area contributed by atoms with Gasteiger partial charge in [0.25, 0.3) is 5.56 Å². The van der Waals surface area contributed by atoms with Crippen LogP contribution in [0.4, 0.5) is 0 Å². The first-order valence-corrected chi connectivity index (χ1v) is 7.56. The van der Waals surface area contributed by atoms with Crippen LogP contribution in [-0.2, 0) is 9.53 Å². The SMILES string of the molecule is COC(=O)C1=C(N)Oc2cc(C)[nH]c(=O)c2C1c1ccccc1Cl. The molecule has 1 aliphatic heterocycles. The molecule has 0 bridgehead atoms. The van der Waals surface area contributed by atoms with E-state index in [2.05, 4.69) is 4.98 Å². The number of aryl methyl sites for hydroxylation is 1. The number of nitrogens with two attached hydrogens (primary N) is 1. The fourth-order valence-corrected chi connectivity index (χ4v) is 3.08. The van der Waals surface area contributed by atoms with Crippen molar-refractivity contribution in [1.82, 2.24) is 4.98 Å². The highest BCUT2D eigenvalue weighted by Gasteiger charge is 2.38. The van der Waals surface area contributed by atoms with Crippen molar-refractivity contribution in [1.29, 1.82) is 0 Å². The van der Waals surface area contributed by atoms with Gasteiger partial charge in [0.1, 0.15) is 11.3 Å². The molecule has 2 aromatic rings. The van der Waals surface area contributed by atoms with Crippen LogP contribution in [0.15, 0.2) is 46.6 Å². The molecular weight excluding hydrogens is 332 g/mol. The lowest BCUT2D eigenvalue weighted by molar-refractivity contribution is -0.136. The van der Waals surface area contributed by atoms with E-state index in [1.165, 1.54) is 7.11 Å². The van der Waals surface area contributed by atoms with E-state index in [1.54, 1.807) is 37.3 Å². The zero-order valence-corrected chi connectivity index (χ0v) is 13.8. The molecule has 0 saturated carbocycles. The van der Waals surface area contributed by atoms with Crippen LogP contribution < -0.4 is 16.0 Å². The minimum absolute atomic E-state index is 0.0486. The molecule has 24 heavy (non-hydrogen) atoms. The van der Waals surface area contributed by atoms with Gasteiger partial charge >= 0.3 is 5.97 Å². The molecule has 0 saturated heterocycles. The van der Waals surface area contributed by atoms with E-state index >= 15 is 0 Å². The molecule has 1 aliphatic rings. The van der Waals surface area contributed by atoms with Gasteiger partial charge in [-0.1, -0.05) is 29.8 Å². The van der Waals surface area contributed by atoms with Gasteiger partial charge in [0.2, 0.25) is 5.88 Å². The van der Waals surface area contributed by atoms with Crippen molar-refractivity contribution in [2.75, 3.05) is 7.11 Å². The normalized spacial score (nSPS) is 16.4. The van der Waals surface area contributed by atoms with E-state index in [0.717, 1.165) is 0 Å². The van der Waals surface area contributed by atoms with Gasteiger partial charge in [-0.25, -0.2) is 4.79 Å². The summed E-state index contributed by atoms with van der Waals surface area (Å²) in [4.78, 5) is 27.5. The van der Waals surface area contributed by atoms with E-state index in [4.69, 9.17) is 26.8 Å². The molecule has 1 aromatic carbocycles. The molecule has 7 heteroatoms. The maximum atomic E-state index is 12.5. The largest absolute Gasteiger partial charge is 0.465 e. The fourth-order valence-electron chi connectivity index (χ4n) is 2.84. The number of pyridine rings is 1. The number of esters is 1. The number of aromatic nitrogens is 1. The first kappa shape index (κ1) is 16.1. The second-order valence-corrected chi connectivity index (χ2v) is 5.79. The van der Waals surface area contributed by atoms with Crippen molar-refractivity contribution in [3.8, 4) is 5.75 Å². The Balaban J connectivity index is 2.35. The van der Waals surface area contributed by atoms with Crippen molar-refractivity contribution in [2.24, 2.45) is 5.73 Å². The molecule has 0 fully saturated rings. The summed E-state index contributed by atoms with van der Waals surface area (Å²) in [5.74, 6) is -1.27. The van der Waals surface area contributed by atoms with E-state index in [9.17, 15) is 9.59 Å². The smallest absolute Gasteiger partial charge is 0.340 e. The van der Waals surface area contributed by atoms with Gasteiger partial charge < -0.3 is 20.2 Å². The Morgan fingerprint density at radius 1 is 1.38 bits per heavy atom. The lowest BCUT2D eigenvalue weighted by Gasteiger charge is -2.28.